The van der Waals surface area contributed by atoms with Crippen molar-refractivity contribution in [3.05, 3.63) is 30.1 Å². The number of rotatable bonds is 8. The fourth-order valence-corrected chi connectivity index (χ4v) is 2.33. The predicted molar refractivity (Wildman–Crippen MR) is 84.1 cm³/mol. The summed E-state index contributed by atoms with van der Waals surface area (Å²) >= 11 is 0. The summed E-state index contributed by atoms with van der Waals surface area (Å²) in [5, 5.41) is 3.08. The fraction of sp³-hybridized carbons (Fsp3) is 0.625. The Morgan fingerprint density at radius 3 is 2.62 bits per heavy atom. The van der Waals surface area contributed by atoms with Crippen LogP contribution in [0.15, 0.2) is 24.5 Å². The molecule has 0 saturated heterocycles. The van der Waals surface area contributed by atoms with E-state index in [2.05, 4.69) is 29.2 Å². The summed E-state index contributed by atoms with van der Waals surface area (Å²) in [6.45, 7) is 4.95. The molecule has 1 N–H and O–H groups in total. The Kier molecular flexibility index (Phi) is 6.78. The predicted octanol–water partition coefficient (Wildman–Crippen LogP) is 1.49. The Balaban J connectivity index is 2.53. The first-order valence-corrected chi connectivity index (χ1v) is 7.29. The van der Waals surface area contributed by atoms with E-state index in [1.165, 1.54) is 12.7 Å². The van der Waals surface area contributed by atoms with Crippen molar-refractivity contribution in [2.24, 2.45) is 0 Å². The van der Waals surface area contributed by atoms with E-state index in [4.69, 9.17) is 4.74 Å². The molecule has 0 aliphatic carbocycles. The van der Waals surface area contributed by atoms with E-state index in [1.807, 2.05) is 31.5 Å². The zero-order valence-corrected chi connectivity index (χ0v) is 13.7. The quantitative estimate of drug-likeness (QED) is 0.736. The normalized spacial score (nSPS) is 15.5. The van der Waals surface area contributed by atoms with E-state index in [1.54, 1.807) is 7.05 Å². The number of hydrogen-bond donors (Lipinski definition) is 1. The molecule has 5 heteroatoms. The molecular weight excluding hydrogens is 266 g/mol. The van der Waals surface area contributed by atoms with Crippen LogP contribution in [0, 0.1) is 0 Å². The highest BCUT2D eigenvalue weighted by Crippen LogP contribution is 2.17. The summed E-state index contributed by atoms with van der Waals surface area (Å²) in [7, 11) is 5.30. The van der Waals surface area contributed by atoms with Gasteiger partial charge in [0.15, 0.2) is 0 Å². The number of likely N-dealkylation sites (N-methyl/N-ethyl adjacent to an activating group) is 2. The summed E-state index contributed by atoms with van der Waals surface area (Å²) < 4.78 is 4.89. The van der Waals surface area contributed by atoms with Crippen molar-refractivity contribution in [3.63, 3.8) is 0 Å². The lowest BCUT2D eigenvalue weighted by atomic mass is 9.93. The van der Waals surface area contributed by atoms with Gasteiger partial charge >= 0.3 is 5.97 Å². The van der Waals surface area contributed by atoms with E-state index < -0.39 is 5.54 Å². The van der Waals surface area contributed by atoms with E-state index in [9.17, 15) is 4.79 Å². The van der Waals surface area contributed by atoms with Crippen molar-refractivity contribution >= 4 is 5.97 Å². The first-order chi connectivity index (χ1) is 9.92. The smallest absolute Gasteiger partial charge is 0.325 e. The lowest BCUT2D eigenvalue weighted by Gasteiger charge is -2.33. The Labute approximate surface area is 127 Å². The van der Waals surface area contributed by atoms with E-state index in [0.29, 0.717) is 6.42 Å². The van der Waals surface area contributed by atoms with Crippen LogP contribution in [-0.4, -0.2) is 55.2 Å². The van der Waals surface area contributed by atoms with Crippen LogP contribution in [0.25, 0.3) is 0 Å². The number of methoxy groups -OCH3 is 1. The number of ether oxygens (including phenoxy) is 1. The van der Waals surface area contributed by atoms with Gasteiger partial charge in [-0.1, -0.05) is 0 Å². The van der Waals surface area contributed by atoms with Crippen LogP contribution < -0.4 is 5.32 Å². The average molecular weight is 293 g/mol. The molecule has 5 nitrogen and oxygen atoms in total. The number of hydrogen-bond acceptors (Lipinski definition) is 5. The number of nitrogens with one attached hydrogen (secondary N) is 1. The number of carbonyl (C=O) groups is 1. The van der Waals surface area contributed by atoms with Gasteiger partial charge in [-0.05, 0) is 58.5 Å². The maximum Gasteiger partial charge on any atom is 0.325 e. The molecule has 1 aromatic rings. The fourth-order valence-electron chi connectivity index (χ4n) is 2.33. The maximum atomic E-state index is 11.9. The maximum absolute atomic E-state index is 11.9. The standard InChI is InChI=1S/C16H27N3O2/c1-13(12-16(2,17-3)15(20)21-5)19(4)11-8-14-6-9-18-10-7-14/h6-7,9-10,13,17H,8,11-12H2,1-5H3. The lowest BCUT2D eigenvalue weighted by Crippen LogP contribution is -2.52. The zero-order chi connectivity index (χ0) is 15.9. The summed E-state index contributed by atoms with van der Waals surface area (Å²) in [5.74, 6) is -0.223. The van der Waals surface area contributed by atoms with E-state index in [-0.39, 0.29) is 12.0 Å². The Morgan fingerprint density at radius 1 is 1.48 bits per heavy atom. The highest BCUT2D eigenvalue weighted by atomic mass is 16.5. The molecule has 1 aromatic heterocycles. The van der Waals surface area contributed by atoms with Crippen LogP contribution in [-0.2, 0) is 16.0 Å². The summed E-state index contributed by atoms with van der Waals surface area (Å²) in [6.07, 6.45) is 5.29. The number of esters is 1. The molecule has 21 heavy (non-hydrogen) atoms. The second-order valence-corrected chi connectivity index (χ2v) is 5.71. The molecule has 2 atom stereocenters. The van der Waals surface area contributed by atoms with Crippen LogP contribution in [0.2, 0.25) is 0 Å². The van der Waals surface area contributed by atoms with Gasteiger partial charge in [0.2, 0.25) is 0 Å². The van der Waals surface area contributed by atoms with Crippen LogP contribution in [0.5, 0.6) is 0 Å². The number of aromatic nitrogens is 1. The third kappa shape index (κ3) is 5.10. The van der Waals surface area contributed by atoms with Crippen LogP contribution in [0.3, 0.4) is 0 Å². The highest BCUT2D eigenvalue weighted by molar-refractivity contribution is 5.80. The molecule has 0 aliphatic heterocycles. The minimum absolute atomic E-state index is 0.223. The van der Waals surface area contributed by atoms with Crippen molar-refractivity contribution < 1.29 is 9.53 Å². The zero-order valence-electron chi connectivity index (χ0n) is 13.7. The van der Waals surface area contributed by atoms with Gasteiger partial charge in [0.1, 0.15) is 5.54 Å². The monoisotopic (exact) mass is 293 g/mol. The number of pyridine rings is 1. The summed E-state index contributed by atoms with van der Waals surface area (Å²) in [6, 6.07) is 4.33. The first kappa shape index (κ1) is 17.6. The lowest BCUT2D eigenvalue weighted by molar-refractivity contribution is -0.148. The Morgan fingerprint density at radius 2 is 2.10 bits per heavy atom. The highest BCUT2D eigenvalue weighted by Gasteiger charge is 2.34. The van der Waals surface area contributed by atoms with Crippen molar-refractivity contribution in [2.45, 2.75) is 38.3 Å². The molecule has 118 valence electrons. The molecule has 0 bridgehead atoms. The van der Waals surface area contributed by atoms with Crippen molar-refractivity contribution in [3.8, 4) is 0 Å². The SMILES string of the molecule is CNC(C)(CC(C)N(C)CCc1ccncc1)C(=O)OC. The van der Waals surface area contributed by atoms with Gasteiger partial charge in [0.25, 0.3) is 0 Å². The number of carbonyl (C=O) groups excluding carboxylic acids is 1. The van der Waals surface area contributed by atoms with Crippen LogP contribution >= 0.6 is 0 Å². The van der Waals surface area contributed by atoms with Gasteiger partial charge in [-0.2, -0.15) is 0 Å². The molecule has 0 spiro atoms. The Bertz CT molecular complexity index is 438. The molecule has 0 amide bonds. The molecule has 0 saturated carbocycles. The number of nitrogens with zero attached hydrogens (tertiary/aromatic N) is 2. The van der Waals surface area contributed by atoms with Gasteiger partial charge < -0.3 is 15.0 Å². The summed E-state index contributed by atoms with van der Waals surface area (Å²) in [4.78, 5) is 18.2. The minimum Gasteiger partial charge on any atom is -0.468 e. The topological polar surface area (TPSA) is 54.5 Å². The largest absolute Gasteiger partial charge is 0.468 e. The second-order valence-electron chi connectivity index (χ2n) is 5.71. The van der Waals surface area contributed by atoms with Gasteiger partial charge in [-0.25, -0.2) is 0 Å². The van der Waals surface area contributed by atoms with Crippen molar-refractivity contribution in [2.75, 3.05) is 27.7 Å². The molecule has 0 aliphatic rings. The van der Waals surface area contributed by atoms with Crippen LogP contribution in [0.4, 0.5) is 0 Å². The van der Waals surface area contributed by atoms with Gasteiger partial charge in [-0.3, -0.25) is 9.78 Å². The molecule has 0 radical (unpaired) electrons. The molecule has 1 heterocycles. The first-order valence-electron chi connectivity index (χ1n) is 7.29. The molecule has 0 aromatic carbocycles. The molecule has 1 rings (SSSR count). The average Bonchev–Trinajstić information content (AvgIpc) is 2.52. The van der Waals surface area contributed by atoms with Gasteiger partial charge in [-0.15, -0.1) is 0 Å². The third-order valence-corrected chi connectivity index (χ3v) is 4.15. The Hall–Kier alpha value is -1.46. The summed E-state index contributed by atoms with van der Waals surface area (Å²) in [5.41, 5.74) is 0.618. The third-order valence-electron chi connectivity index (χ3n) is 4.15. The van der Waals surface area contributed by atoms with Crippen molar-refractivity contribution in [1.82, 2.24) is 15.2 Å². The van der Waals surface area contributed by atoms with E-state index >= 15 is 0 Å². The van der Waals surface area contributed by atoms with Crippen LogP contribution in [0.1, 0.15) is 25.8 Å². The van der Waals surface area contributed by atoms with Crippen molar-refractivity contribution in [1.29, 1.82) is 0 Å². The van der Waals surface area contributed by atoms with Gasteiger partial charge in [0.05, 0.1) is 7.11 Å². The second kappa shape index (κ2) is 8.10. The minimum atomic E-state index is -0.654. The van der Waals surface area contributed by atoms with E-state index in [0.717, 1.165) is 13.0 Å². The van der Waals surface area contributed by atoms with Gasteiger partial charge in [0, 0.05) is 25.0 Å². The molecule has 0 fully saturated rings. The molecular formula is C16H27N3O2. The molecule has 2 unspecified atom stereocenters.